The van der Waals surface area contributed by atoms with Crippen molar-refractivity contribution in [1.29, 1.82) is 0 Å². The molecule has 1 spiro atoms. The van der Waals surface area contributed by atoms with E-state index >= 15 is 0 Å². The number of fused-ring (bicyclic) bond motifs is 4. The fourth-order valence-electron chi connectivity index (χ4n) is 7.37. The fourth-order valence-corrected chi connectivity index (χ4v) is 8.09. The highest BCUT2D eigenvalue weighted by Gasteiger charge is 2.46. The summed E-state index contributed by atoms with van der Waals surface area (Å²) in [5.41, 5.74) is 2.75. The zero-order valence-electron chi connectivity index (χ0n) is 18.5. The number of nitrogens with one attached hydrogen (secondary N) is 1. The molecule has 1 aromatic rings. The second-order valence-electron chi connectivity index (χ2n) is 10.9. The molecule has 5 rings (SSSR count). The molecule has 4 aliphatic rings. The van der Waals surface area contributed by atoms with Crippen LogP contribution in [0.2, 0.25) is 0 Å². The van der Waals surface area contributed by atoms with Crippen molar-refractivity contribution in [2.75, 3.05) is 25.9 Å². The first-order chi connectivity index (χ1) is 14.4. The lowest BCUT2D eigenvalue weighted by atomic mass is 9.73. The van der Waals surface area contributed by atoms with Gasteiger partial charge in [-0.05, 0) is 85.9 Å². The van der Waals surface area contributed by atoms with Crippen LogP contribution in [-0.2, 0) is 15.4 Å². The van der Waals surface area contributed by atoms with Crippen molar-refractivity contribution < 1.29 is 8.42 Å². The second kappa shape index (κ2) is 8.22. The highest BCUT2D eigenvalue weighted by molar-refractivity contribution is 7.88. The van der Waals surface area contributed by atoms with Crippen molar-refractivity contribution in [2.45, 2.75) is 75.7 Å². The molecule has 3 fully saturated rings. The van der Waals surface area contributed by atoms with Crippen LogP contribution in [0.4, 0.5) is 0 Å². The lowest BCUT2D eigenvalue weighted by Crippen LogP contribution is -2.44. The first-order valence-electron chi connectivity index (χ1n) is 12.2. The largest absolute Gasteiger partial charge is 0.303 e. The minimum Gasteiger partial charge on any atom is -0.303 e. The van der Waals surface area contributed by atoms with Gasteiger partial charge in [0.25, 0.3) is 0 Å². The van der Waals surface area contributed by atoms with Gasteiger partial charge in [0.2, 0.25) is 10.0 Å². The van der Waals surface area contributed by atoms with Crippen LogP contribution in [0.1, 0.15) is 81.4 Å². The van der Waals surface area contributed by atoms with Gasteiger partial charge in [0.05, 0.1) is 6.26 Å². The molecule has 1 aromatic carbocycles. The van der Waals surface area contributed by atoms with E-state index in [1.54, 1.807) is 0 Å². The Morgan fingerprint density at radius 1 is 1.03 bits per heavy atom. The van der Waals surface area contributed by atoms with E-state index in [4.69, 9.17) is 0 Å². The third kappa shape index (κ3) is 4.35. The number of nitrogens with zero attached hydrogens (tertiary/aromatic N) is 1. The average molecular weight is 431 g/mol. The second-order valence-corrected chi connectivity index (χ2v) is 12.7. The van der Waals surface area contributed by atoms with Gasteiger partial charge in [-0.2, -0.15) is 0 Å². The maximum atomic E-state index is 11.9. The molecule has 2 saturated carbocycles. The molecule has 4 nitrogen and oxygen atoms in total. The van der Waals surface area contributed by atoms with Crippen molar-refractivity contribution in [3.8, 4) is 0 Å². The number of likely N-dealkylation sites (tertiary alicyclic amines) is 1. The van der Waals surface area contributed by atoms with E-state index < -0.39 is 10.0 Å². The number of piperidine rings is 1. The molecule has 3 aliphatic carbocycles. The summed E-state index contributed by atoms with van der Waals surface area (Å²) in [5.74, 6) is 2.91. The summed E-state index contributed by atoms with van der Waals surface area (Å²) in [6.45, 7) is 3.60. The van der Waals surface area contributed by atoms with Gasteiger partial charge in [-0.15, -0.1) is 0 Å². The molecule has 0 radical (unpaired) electrons. The van der Waals surface area contributed by atoms with E-state index in [1.165, 1.54) is 68.9 Å². The Labute approximate surface area is 182 Å². The van der Waals surface area contributed by atoms with Crippen molar-refractivity contribution in [3.63, 3.8) is 0 Å². The minimum absolute atomic E-state index is 0.0658. The summed E-state index contributed by atoms with van der Waals surface area (Å²) < 4.78 is 26.8. The molecule has 1 N–H and O–H groups in total. The molecule has 166 valence electrons. The average Bonchev–Trinajstić information content (AvgIpc) is 2.92. The molecular formula is C25H38N2O2S. The zero-order valence-corrected chi connectivity index (χ0v) is 19.3. The topological polar surface area (TPSA) is 49.4 Å². The number of hydrogen-bond acceptors (Lipinski definition) is 3. The van der Waals surface area contributed by atoms with Crippen LogP contribution in [0, 0.1) is 17.8 Å². The van der Waals surface area contributed by atoms with E-state index in [0.29, 0.717) is 0 Å². The third-order valence-corrected chi connectivity index (χ3v) is 9.44. The van der Waals surface area contributed by atoms with E-state index in [1.807, 2.05) is 6.07 Å². The monoisotopic (exact) mass is 430 g/mol. The van der Waals surface area contributed by atoms with E-state index in [0.717, 1.165) is 50.1 Å². The Balaban J connectivity index is 1.24. The standard InChI is InChI=1S/C25H38N2O2S/c1-30(28,29)26-24-17-25(23-8-3-2-7-22(23)24)11-13-27(14-12-25)18-21-10-9-19-5-4-6-20(15-19)16-21/h2-3,7-8,19-21,24,26H,4-6,9-18H2,1H3/t19-,20+,21+,24-/m1/s1. The van der Waals surface area contributed by atoms with Gasteiger partial charge in [0.1, 0.15) is 0 Å². The summed E-state index contributed by atoms with van der Waals surface area (Å²) in [5, 5.41) is 0. The lowest BCUT2D eigenvalue weighted by Gasteiger charge is -2.41. The molecule has 0 amide bonds. The van der Waals surface area contributed by atoms with Crippen LogP contribution in [0.15, 0.2) is 24.3 Å². The van der Waals surface area contributed by atoms with Gasteiger partial charge in [-0.25, -0.2) is 13.1 Å². The Bertz CT molecular complexity index is 860. The number of benzene rings is 1. The van der Waals surface area contributed by atoms with Gasteiger partial charge in [-0.3, -0.25) is 0 Å². The number of rotatable bonds is 4. The molecule has 5 heteroatoms. The highest BCUT2D eigenvalue weighted by atomic mass is 32.2. The summed E-state index contributed by atoms with van der Waals surface area (Å²) in [6, 6.07) is 8.48. The smallest absolute Gasteiger partial charge is 0.209 e. The molecule has 1 heterocycles. The Kier molecular flexibility index (Phi) is 5.74. The molecule has 1 saturated heterocycles. The summed E-state index contributed by atoms with van der Waals surface area (Å²) in [6.07, 6.45) is 14.8. The highest BCUT2D eigenvalue weighted by Crippen LogP contribution is 2.51. The first kappa shape index (κ1) is 21.0. The predicted molar refractivity (Wildman–Crippen MR) is 122 cm³/mol. The van der Waals surface area contributed by atoms with Crippen molar-refractivity contribution >= 4 is 10.0 Å². The van der Waals surface area contributed by atoms with E-state index in [9.17, 15) is 8.42 Å². The summed E-state index contributed by atoms with van der Waals surface area (Å²) in [7, 11) is -3.21. The van der Waals surface area contributed by atoms with E-state index in [-0.39, 0.29) is 11.5 Å². The molecule has 0 unspecified atom stereocenters. The minimum atomic E-state index is -3.21. The molecule has 4 atom stereocenters. The molecule has 0 aromatic heterocycles. The Morgan fingerprint density at radius 2 is 1.80 bits per heavy atom. The molecule has 30 heavy (non-hydrogen) atoms. The Morgan fingerprint density at radius 3 is 2.60 bits per heavy atom. The maximum Gasteiger partial charge on any atom is 0.209 e. The van der Waals surface area contributed by atoms with Gasteiger partial charge in [0.15, 0.2) is 0 Å². The van der Waals surface area contributed by atoms with Gasteiger partial charge in [0, 0.05) is 12.6 Å². The lowest BCUT2D eigenvalue weighted by molar-refractivity contribution is 0.127. The van der Waals surface area contributed by atoms with Crippen LogP contribution >= 0.6 is 0 Å². The van der Waals surface area contributed by atoms with Gasteiger partial charge in [-0.1, -0.05) is 49.9 Å². The summed E-state index contributed by atoms with van der Waals surface area (Å²) in [4.78, 5) is 2.73. The molecular weight excluding hydrogens is 392 g/mol. The molecule has 2 bridgehead atoms. The van der Waals surface area contributed by atoms with Crippen molar-refractivity contribution in [2.24, 2.45) is 17.8 Å². The van der Waals surface area contributed by atoms with Crippen LogP contribution < -0.4 is 4.72 Å². The number of hydrogen-bond donors (Lipinski definition) is 1. The van der Waals surface area contributed by atoms with Crippen LogP contribution in [0.25, 0.3) is 0 Å². The SMILES string of the molecule is CS(=O)(=O)N[C@@H]1CC2(CCN(C[C@H]3CC[C@H]4CCC[C@@H](C4)C3)CC2)c2ccccc21. The van der Waals surface area contributed by atoms with Crippen molar-refractivity contribution in [3.05, 3.63) is 35.4 Å². The maximum absolute atomic E-state index is 11.9. The predicted octanol–water partition coefficient (Wildman–Crippen LogP) is 4.62. The number of sulfonamides is 1. The van der Waals surface area contributed by atoms with Gasteiger partial charge < -0.3 is 4.90 Å². The molecule has 1 aliphatic heterocycles. The normalized spacial score (nSPS) is 33.9. The van der Waals surface area contributed by atoms with Crippen LogP contribution in [-0.4, -0.2) is 39.2 Å². The van der Waals surface area contributed by atoms with Crippen LogP contribution in [0.3, 0.4) is 0 Å². The first-order valence-corrected chi connectivity index (χ1v) is 14.1. The van der Waals surface area contributed by atoms with E-state index in [2.05, 4.69) is 27.8 Å². The van der Waals surface area contributed by atoms with Crippen molar-refractivity contribution in [1.82, 2.24) is 9.62 Å². The zero-order chi connectivity index (χ0) is 20.8. The third-order valence-electron chi connectivity index (χ3n) is 8.73. The summed E-state index contributed by atoms with van der Waals surface area (Å²) >= 11 is 0. The van der Waals surface area contributed by atoms with Crippen LogP contribution in [0.5, 0.6) is 0 Å². The Hall–Kier alpha value is -0.910. The fraction of sp³-hybridized carbons (Fsp3) is 0.760. The quantitative estimate of drug-likeness (QED) is 0.758. The van der Waals surface area contributed by atoms with Gasteiger partial charge >= 0.3 is 0 Å².